The molecule has 0 aliphatic heterocycles. The molecule has 1 aromatic rings. The number of nitrogens with zero attached hydrogens (tertiary/aromatic N) is 1. The molecule has 0 aliphatic rings. The minimum atomic E-state index is -0.722. The fraction of sp³-hybridized carbons (Fsp3) is 0.333. The summed E-state index contributed by atoms with van der Waals surface area (Å²) >= 11 is 0. The van der Waals surface area contributed by atoms with Crippen LogP contribution < -0.4 is 10.6 Å². The van der Waals surface area contributed by atoms with Gasteiger partial charge in [0.2, 0.25) is 11.8 Å². The molecule has 1 atom stereocenters. The van der Waals surface area contributed by atoms with Crippen molar-refractivity contribution < 1.29 is 9.59 Å². The molecule has 0 fully saturated rings. The first-order valence-corrected chi connectivity index (χ1v) is 5.28. The maximum atomic E-state index is 11.9. The number of rotatable bonds is 4. The van der Waals surface area contributed by atoms with Gasteiger partial charge in [0, 0.05) is 6.20 Å². The first-order valence-electron chi connectivity index (χ1n) is 5.28. The first-order chi connectivity index (χ1) is 8.00. The molecule has 2 radical (unpaired) electrons. The van der Waals surface area contributed by atoms with Gasteiger partial charge in [0.15, 0.2) is 0 Å². The van der Waals surface area contributed by atoms with Crippen molar-refractivity contribution in [3.05, 3.63) is 31.3 Å². The predicted molar refractivity (Wildman–Crippen MR) is 63.9 cm³/mol. The molecule has 2 N–H and O–H groups in total. The van der Waals surface area contributed by atoms with Crippen LogP contribution in [0, 0.1) is 12.8 Å². The molecule has 0 aliphatic carbocycles. The maximum absolute atomic E-state index is 11.9. The molecule has 90 valence electrons. The van der Waals surface area contributed by atoms with E-state index in [1.807, 2.05) is 13.8 Å². The molecule has 0 bridgehead atoms. The monoisotopic (exact) mass is 233 g/mol. The van der Waals surface area contributed by atoms with Crippen molar-refractivity contribution in [2.24, 2.45) is 5.92 Å². The first kappa shape index (κ1) is 13.2. The number of amides is 2. The summed E-state index contributed by atoms with van der Waals surface area (Å²) in [4.78, 5) is 26.6. The van der Waals surface area contributed by atoms with Crippen LogP contribution in [0.4, 0.5) is 5.82 Å². The number of pyridine rings is 1. The lowest BCUT2D eigenvalue weighted by molar-refractivity contribution is -0.124. The fourth-order valence-electron chi connectivity index (χ4n) is 1.33. The van der Waals surface area contributed by atoms with Gasteiger partial charge in [-0.1, -0.05) is 19.9 Å². The molecule has 5 nitrogen and oxygen atoms in total. The summed E-state index contributed by atoms with van der Waals surface area (Å²) in [5, 5.41) is 5.01. The Balaban J connectivity index is 2.69. The fourth-order valence-corrected chi connectivity index (χ4v) is 1.33. The lowest BCUT2D eigenvalue weighted by atomic mass is 10.0. The third-order valence-electron chi connectivity index (χ3n) is 2.16. The topological polar surface area (TPSA) is 71.1 Å². The summed E-state index contributed by atoms with van der Waals surface area (Å²) < 4.78 is 0. The van der Waals surface area contributed by atoms with Crippen LogP contribution in [-0.4, -0.2) is 22.8 Å². The lowest BCUT2D eigenvalue weighted by Gasteiger charge is -2.20. The number of hydrogen-bond donors (Lipinski definition) is 2. The number of hydrogen-bond acceptors (Lipinski definition) is 3. The van der Waals surface area contributed by atoms with Crippen molar-refractivity contribution >= 4 is 17.6 Å². The summed E-state index contributed by atoms with van der Waals surface area (Å²) in [6.45, 7) is 8.65. The van der Waals surface area contributed by atoms with Gasteiger partial charge in [0.05, 0.1) is 6.92 Å². The van der Waals surface area contributed by atoms with Gasteiger partial charge in [-0.2, -0.15) is 0 Å². The Kier molecular flexibility index (Phi) is 4.63. The average molecular weight is 233 g/mol. The van der Waals surface area contributed by atoms with Gasteiger partial charge >= 0.3 is 0 Å². The van der Waals surface area contributed by atoms with Crippen molar-refractivity contribution in [1.29, 1.82) is 0 Å². The number of carbonyl (C=O) groups excluding carboxylic acids is 2. The zero-order chi connectivity index (χ0) is 12.8. The van der Waals surface area contributed by atoms with Crippen molar-refractivity contribution in [3.63, 3.8) is 0 Å². The highest BCUT2D eigenvalue weighted by atomic mass is 16.2. The standard InChI is InChI=1S/C12H15N3O2/c1-8(2)11(14-9(3)16)12(17)15-10-6-4-5-7-13-10/h3-8,11H,1-2H3,(H,14,16)(H,13,15,17). The molecule has 1 unspecified atom stereocenters. The Labute approximate surface area is 101 Å². The normalized spacial score (nSPS) is 12.0. The van der Waals surface area contributed by atoms with Gasteiger partial charge in [0.1, 0.15) is 11.9 Å². The van der Waals surface area contributed by atoms with E-state index in [1.165, 1.54) is 0 Å². The third kappa shape index (κ3) is 4.22. The number of anilines is 1. The minimum Gasteiger partial charge on any atom is -0.344 e. The lowest BCUT2D eigenvalue weighted by Crippen LogP contribution is -2.46. The second-order valence-corrected chi connectivity index (χ2v) is 3.93. The zero-order valence-corrected chi connectivity index (χ0v) is 9.81. The highest BCUT2D eigenvalue weighted by molar-refractivity contribution is 5.97. The van der Waals surface area contributed by atoms with Crippen LogP contribution >= 0.6 is 0 Å². The Morgan fingerprint density at radius 2 is 2.06 bits per heavy atom. The van der Waals surface area contributed by atoms with Gasteiger partial charge in [-0.15, -0.1) is 0 Å². The van der Waals surface area contributed by atoms with Crippen molar-refractivity contribution in [1.82, 2.24) is 10.3 Å². The van der Waals surface area contributed by atoms with E-state index in [1.54, 1.807) is 24.4 Å². The zero-order valence-electron chi connectivity index (χ0n) is 9.81. The smallest absolute Gasteiger partial charge is 0.248 e. The molecular weight excluding hydrogens is 218 g/mol. The van der Waals surface area contributed by atoms with Crippen LogP contribution in [0.2, 0.25) is 0 Å². The van der Waals surface area contributed by atoms with Crippen LogP contribution in [0.3, 0.4) is 0 Å². The average Bonchev–Trinajstić information content (AvgIpc) is 2.26. The molecule has 0 aromatic carbocycles. The molecule has 5 heteroatoms. The van der Waals surface area contributed by atoms with E-state index in [9.17, 15) is 9.59 Å². The van der Waals surface area contributed by atoms with Gasteiger partial charge in [-0.05, 0) is 18.1 Å². The van der Waals surface area contributed by atoms with E-state index >= 15 is 0 Å². The SMILES string of the molecule is [CH]C(=O)NC(C(=O)Nc1ccccn1)C(C)C. The summed E-state index contributed by atoms with van der Waals surface area (Å²) in [5.74, 6) is -0.682. The van der Waals surface area contributed by atoms with Crippen LogP contribution in [0.15, 0.2) is 24.4 Å². The molecule has 17 heavy (non-hydrogen) atoms. The van der Waals surface area contributed by atoms with Crippen LogP contribution in [-0.2, 0) is 9.59 Å². The van der Waals surface area contributed by atoms with E-state index in [0.717, 1.165) is 0 Å². The second kappa shape index (κ2) is 5.98. The van der Waals surface area contributed by atoms with Crippen molar-refractivity contribution in [2.45, 2.75) is 19.9 Å². The van der Waals surface area contributed by atoms with Crippen molar-refractivity contribution in [3.8, 4) is 0 Å². The number of aromatic nitrogens is 1. The predicted octanol–water partition coefficient (Wildman–Crippen LogP) is 0.872. The van der Waals surface area contributed by atoms with E-state index in [0.29, 0.717) is 5.82 Å². The number of nitrogens with one attached hydrogen (secondary N) is 2. The molecule has 1 rings (SSSR count). The highest BCUT2D eigenvalue weighted by Gasteiger charge is 2.23. The Morgan fingerprint density at radius 1 is 1.35 bits per heavy atom. The molecular formula is C12H15N3O2. The summed E-state index contributed by atoms with van der Waals surface area (Å²) in [6.07, 6.45) is 1.57. The number of carbonyl (C=O) groups is 2. The van der Waals surface area contributed by atoms with E-state index in [2.05, 4.69) is 15.6 Å². The molecule has 1 aromatic heterocycles. The quantitative estimate of drug-likeness (QED) is 0.810. The van der Waals surface area contributed by atoms with Gasteiger partial charge < -0.3 is 10.6 Å². The molecule has 2 amide bonds. The molecule has 0 spiro atoms. The molecule has 0 saturated carbocycles. The van der Waals surface area contributed by atoms with Gasteiger partial charge in [-0.3, -0.25) is 9.59 Å². The van der Waals surface area contributed by atoms with Gasteiger partial charge in [0.25, 0.3) is 0 Å². The maximum Gasteiger partial charge on any atom is 0.248 e. The second-order valence-electron chi connectivity index (χ2n) is 3.93. The van der Waals surface area contributed by atoms with Crippen LogP contribution in [0.1, 0.15) is 13.8 Å². The van der Waals surface area contributed by atoms with E-state index < -0.39 is 11.9 Å². The van der Waals surface area contributed by atoms with Crippen molar-refractivity contribution in [2.75, 3.05) is 5.32 Å². The van der Waals surface area contributed by atoms with Gasteiger partial charge in [-0.25, -0.2) is 4.98 Å². The molecule has 0 saturated heterocycles. The summed E-state index contributed by atoms with van der Waals surface area (Å²) in [7, 11) is 0. The Bertz CT molecular complexity index is 390. The van der Waals surface area contributed by atoms with E-state index in [-0.39, 0.29) is 11.8 Å². The van der Waals surface area contributed by atoms with Crippen LogP contribution in [0.5, 0.6) is 0 Å². The summed E-state index contributed by atoms with van der Waals surface area (Å²) in [5.41, 5.74) is 0. The Hall–Kier alpha value is -1.91. The minimum absolute atomic E-state index is 0.0637. The van der Waals surface area contributed by atoms with E-state index in [4.69, 9.17) is 6.92 Å². The Morgan fingerprint density at radius 3 is 2.53 bits per heavy atom. The molecule has 1 heterocycles. The van der Waals surface area contributed by atoms with Crippen LogP contribution in [0.25, 0.3) is 0 Å². The highest BCUT2D eigenvalue weighted by Crippen LogP contribution is 2.06. The largest absolute Gasteiger partial charge is 0.344 e. The third-order valence-corrected chi connectivity index (χ3v) is 2.16. The summed E-state index contributed by atoms with van der Waals surface area (Å²) in [6, 6.07) is 4.50.